The number of halogens is 2. The Labute approximate surface area is 286 Å². The number of hydrogen-bond donors (Lipinski definition) is 0. The van der Waals surface area contributed by atoms with E-state index in [1.807, 2.05) is 109 Å². The van der Waals surface area contributed by atoms with E-state index in [1.54, 1.807) is 0 Å². The zero-order valence-corrected chi connectivity index (χ0v) is 28.4. The SMILES string of the molecule is O=C(CC1(Oc2ccccc2I)C=CC=CC1c1ccccc1)CC1(Oc2ccccc2I)C=CC=CC1c1ccccc1. The van der Waals surface area contributed by atoms with E-state index >= 15 is 0 Å². The molecule has 44 heavy (non-hydrogen) atoms. The third-order valence-corrected chi connectivity index (χ3v) is 9.96. The number of para-hydroxylation sites is 2. The molecule has 0 saturated carbocycles. The molecule has 0 saturated heterocycles. The van der Waals surface area contributed by atoms with Crippen LogP contribution in [0.4, 0.5) is 0 Å². The highest BCUT2D eigenvalue weighted by Crippen LogP contribution is 2.45. The van der Waals surface area contributed by atoms with E-state index < -0.39 is 11.2 Å². The molecule has 0 heterocycles. The molecule has 0 aromatic heterocycles. The molecule has 0 radical (unpaired) electrons. The number of carbonyl (C=O) groups is 1. The molecule has 2 aliphatic carbocycles. The number of Topliss-reactive ketones (excluding diaryl/α,β-unsaturated/α-hetero) is 1. The first-order chi connectivity index (χ1) is 21.5. The van der Waals surface area contributed by atoms with Crippen LogP contribution in [0.15, 0.2) is 158 Å². The van der Waals surface area contributed by atoms with E-state index in [2.05, 4.69) is 93.8 Å². The van der Waals surface area contributed by atoms with Crippen molar-refractivity contribution in [3.8, 4) is 11.5 Å². The highest BCUT2D eigenvalue weighted by atomic mass is 127. The van der Waals surface area contributed by atoms with Gasteiger partial charge in [-0.1, -0.05) is 121 Å². The third kappa shape index (κ3) is 6.64. The summed E-state index contributed by atoms with van der Waals surface area (Å²) >= 11 is 4.60. The monoisotopic (exact) mass is 802 g/mol. The van der Waals surface area contributed by atoms with Crippen LogP contribution in [0.25, 0.3) is 0 Å². The summed E-state index contributed by atoms with van der Waals surface area (Å²) in [7, 11) is 0. The molecule has 0 bridgehead atoms. The van der Waals surface area contributed by atoms with Crippen molar-refractivity contribution in [2.75, 3.05) is 0 Å². The van der Waals surface area contributed by atoms with Crippen LogP contribution in [0.3, 0.4) is 0 Å². The van der Waals surface area contributed by atoms with Crippen molar-refractivity contribution in [2.45, 2.75) is 35.9 Å². The third-order valence-electron chi connectivity index (χ3n) is 8.18. The van der Waals surface area contributed by atoms with Gasteiger partial charge in [-0.25, -0.2) is 0 Å². The molecule has 0 aliphatic heterocycles. The number of rotatable bonds is 10. The van der Waals surface area contributed by atoms with Gasteiger partial charge in [-0.3, -0.25) is 4.79 Å². The molecule has 0 N–H and O–H groups in total. The maximum Gasteiger partial charge on any atom is 0.145 e. The standard InChI is InChI=1S/C39H32I2O3/c40-34-21-7-9-23-36(34)43-38(25-13-11-19-32(38)29-15-3-1-4-16-29)27-31(42)28-39(44-37-24-10-8-22-35(37)41)26-14-12-20-33(39)30-17-5-2-6-18-30/h1-26,32-33H,27-28H2. The zero-order valence-electron chi connectivity index (χ0n) is 24.1. The molecule has 4 aromatic rings. The van der Waals surface area contributed by atoms with Crippen molar-refractivity contribution < 1.29 is 14.3 Å². The van der Waals surface area contributed by atoms with E-state index in [0.29, 0.717) is 0 Å². The molecule has 5 heteroatoms. The highest BCUT2D eigenvalue weighted by Gasteiger charge is 2.46. The van der Waals surface area contributed by atoms with E-state index in [9.17, 15) is 4.79 Å². The molecule has 220 valence electrons. The summed E-state index contributed by atoms with van der Waals surface area (Å²) in [5.41, 5.74) is 0.346. The van der Waals surface area contributed by atoms with Gasteiger partial charge in [0.1, 0.15) is 28.5 Å². The van der Waals surface area contributed by atoms with E-state index in [-0.39, 0.29) is 30.5 Å². The topological polar surface area (TPSA) is 35.5 Å². The second kappa shape index (κ2) is 13.7. The van der Waals surface area contributed by atoms with E-state index in [0.717, 1.165) is 29.8 Å². The van der Waals surface area contributed by atoms with Gasteiger partial charge in [-0.2, -0.15) is 0 Å². The molecule has 6 rings (SSSR count). The maximum absolute atomic E-state index is 14.6. The lowest BCUT2D eigenvalue weighted by atomic mass is 9.72. The van der Waals surface area contributed by atoms with Gasteiger partial charge in [0.2, 0.25) is 0 Å². The van der Waals surface area contributed by atoms with Crippen LogP contribution < -0.4 is 9.47 Å². The molecule has 2 aliphatic rings. The van der Waals surface area contributed by atoms with Crippen molar-refractivity contribution in [2.24, 2.45) is 0 Å². The molecule has 3 nitrogen and oxygen atoms in total. The van der Waals surface area contributed by atoms with Crippen molar-refractivity contribution in [1.29, 1.82) is 0 Å². The van der Waals surface area contributed by atoms with Crippen LogP contribution in [-0.4, -0.2) is 17.0 Å². The normalized spacial score (nSPS) is 23.8. The van der Waals surface area contributed by atoms with Gasteiger partial charge >= 0.3 is 0 Å². The minimum Gasteiger partial charge on any atom is -0.481 e. The average Bonchev–Trinajstić information content (AvgIpc) is 3.04. The number of ether oxygens (including phenoxy) is 2. The molecule has 0 fully saturated rings. The Morgan fingerprint density at radius 1 is 0.545 bits per heavy atom. The van der Waals surface area contributed by atoms with Gasteiger partial charge in [0.25, 0.3) is 0 Å². The van der Waals surface area contributed by atoms with Crippen molar-refractivity contribution in [3.63, 3.8) is 0 Å². The Morgan fingerprint density at radius 3 is 1.34 bits per heavy atom. The van der Waals surface area contributed by atoms with Crippen LogP contribution in [-0.2, 0) is 4.79 Å². The minimum atomic E-state index is -0.923. The first-order valence-corrected chi connectivity index (χ1v) is 16.8. The van der Waals surface area contributed by atoms with Crippen LogP contribution in [0, 0.1) is 7.14 Å². The molecule has 4 atom stereocenters. The quantitative estimate of drug-likeness (QED) is 0.150. The molecule has 0 amide bonds. The van der Waals surface area contributed by atoms with Gasteiger partial charge in [-0.15, -0.1) is 0 Å². The van der Waals surface area contributed by atoms with Crippen molar-refractivity contribution in [3.05, 3.63) is 176 Å². The lowest BCUT2D eigenvalue weighted by molar-refractivity contribution is -0.125. The second-order valence-electron chi connectivity index (χ2n) is 11.1. The van der Waals surface area contributed by atoms with E-state index in [1.165, 1.54) is 0 Å². The Kier molecular flexibility index (Phi) is 9.52. The van der Waals surface area contributed by atoms with Gasteiger partial charge in [0.05, 0.1) is 20.0 Å². The summed E-state index contributed by atoms with van der Waals surface area (Å²) in [5, 5.41) is 0. The summed E-state index contributed by atoms with van der Waals surface area (Å²) in [6, 6.07) is 36.5. The predicted molar refractivity (Wildman–Crippen MR) is 194 cm³/mol. The van der Waals surface area contributed by atoms with Crippen molar-refractivity contribution >= 4 is 51.0 Å². The molecular formula is C39H32I2O3. The number of hydrogen-bond acceptors (Lipinski definition) is 3. The predicted octanol–water partition coefficient (Wildman–Crippen LogP) is 10.0. The van der Waals surface area contributed by atoms with Gasteiger partial charge in [0.15, 0.2) is 0 Å². The fourth-order valence-electron chi connectivity index (χ4n) is 6.18. The summed E-state index contributed by atoms with van der Waals surface area (Å²) < 4.78 is 15.9. The molecule has 0 spiro atoms. The number of benzene rings is 4. The first kappa shape index (κ1) is 30.6. The summed E-state index contributed by atoms with van der Waals surface area (Å²) in [4.78, 5) is 14.6. The van der Waals surface area contributed by atoms with Gasteiger partial charge in [0, 0.05) is 11.8 Å². The summed E-state index contributed by atoms with van der Waals surface area (Å²) in [5.74, 6) is 1.26. The maximum atomic E-state index is 14.6. The van der Waals surface area contributed by atoms with Gasteiger partial charge < -0.3 is 9.47 Å². The largest absolute Gasteiger partial charge is 0.481 e. The fourth-order valence-corrected chi connectivity index (χ4v) is 7.17. The lowest BCUT2D eigenvalue weighted by Gasteiger charge is -2.42. The average molecular weight is 802 g/mol. The van der Waals surface area contributed by atoms with Crippen LogP contribution in [0.1, 0.15) is 35.8 Å². The highest BCUT2D eigenvalue weighted by molar-refractivity contribution is 14.1. The second-order valence-corrected chi connectivity index (χ2v) is 13.5. The number of ketones is 1. The Bertz CT molecular complexity index is 1600. The summed E-state index contributed by atoms with van der Waals surface area (Å²) in [6.07, 6.45) is 16.8. The fraction of sp³-hybridized carbons (Fsp3) is 0.154. The molecule has 4 unspecified atom stereocenters. The number of allylic oxidation sites excluding steroid dienone is 4. The lowest BCUT2D eigenvalue weighted by Crippen LogP contribution is -2.47. The van der Waals surface area contributed by atoms with Crippen molar-refractivity contribution in [1.82, 2.24) is 0 Å². The van der Waals surface area contributed by atoms with Gasteiger partial charge in [-0.05, 0) is 92.7 Å². The smallest absolute Gasteiger partial charge is 0.145 e. The van der Waals surface area contributed by atoms with Crippen LogP contribution in [0.5, 0.6) is 11.5 Å². The summed E-state index contributed by atoms with van der Waals surface area (Å²) in [6.45, 7) is 0. The zero-order chi connectivity index (χ0) is 30.4. The number of carbonyl (C=O) groups excluding carboxylic acids is 1. The minimum absolute atomic E-state index is 0.0589. The molecule has 4 aromatic carbocycles. The van der Waals surface area contributed by atoms with Crippen LogP contribution in [0.2, 0.25) is 0 Å². The van der Waals surface area contributed by atoms with Crippen LogP contribution >= 0.6 is 45.2 Å². The Balaban J connectivity index is 1.40. The Hall–Kier alpha value is -3.43. The molecular weight excluding hydrogens is 770 g/mol. The first-order valence-electron chi connectivity index (χ1n) is 14.7. The Morgan fingerprint density at radius 2 is 0.932 bits per heavy atom. The van der Waals surface area contributed by atoms with E-state index in [4.69, 9.17) is 9.47 Å².